The van der Waals surface area contributed by atoms with Gasteiger partial charge in [0.15, 0.2) is 8.32 Å². The molecule has 0 radical (unpaired) electrons. The normalized spacial score (nSPS) is 15.8. The van der Waals surface area contributed by atoms with E-state index < -0.39 is 8.32 Å². The Labute approximate surface area is 270 Å². The van der Waals surface area contributed by atoms with Gasteiger partial charge in [-0.05, 0) is 76.6 Å². The number of amides is 1. The summed E-state index contributed by atoms with van der Waals surface area (Å²) in [5, 5.41) is 8.53. The molecule has 0 N–H and O–H groups in total. The zero-order valence-corrected chi connectivity index (χ0v) is 29.6. The topological polar surface area (TPSA) is 59.1 Å². The lowest BCUT2D eigenvalue weighted by molar-refractivity contribution is 0.0161. The first-order valence-electron chi connectivity index (χ1n) is 14.8. The van der Waals surface area contributed by atoms with E-state index in [1.165, 1.54) is 46.9 Å². The number of methoxy groups -OCH3 is 1. The van der Waals surface area contributed by atoms with Gasteiger partial charge >= 0.3 is 5.97 Å². The summed E-state index contributed by atoms with van der Waals surface area (Å²) in [5.41, 5.74) is 3.66. The molecule has 0 aliphatic carbocycles. The zero-order valence-electron chi connectivity index (χ0n) is 26.1. The molecule has 3 heterocycles. The molecule has 2 aromatic heterocycles. The summed E-state index contributed by atoms with van der Waals surface area (Å²) in [6.45, 7) is 13.6. The molecule has 0 saturated carbocycles. The van der Waals surface area contributed by atoms with Crippen LogP contribution in [-0.4, -0.2) is 68.1 Å². The first-order chi connectivity index (χ1) is 20.4. The van der Waals surface area contributed by atoms with Crippen LogP contribution in [0.25, 0.3) is 12.2 Å². The van der Waals surface area contributed by atoms with Crippen molar-refractivity contribution in [2.75, 3.05) is 32.5 Å². The molecule has 10 heteroatoms. The van der Waals surface area contributed by atoms with Gasteiger partial charge in [-0.2, -0.15) is 11.3 Å². The fourth-order valence-electron chi connectivity index (χ4n) is 4.69. The second kappa shape index (κ2) is 15.2. The third-order valence-electron chi connectivity index (χ3n) is 8.15. The quantitative estimate of drug-likeness (QED) is 0.136. The summed E-state index contributed by atoms with van der Waals surface area (Å²) in [6.07, 6.45) is 6.73. The number of thioether (sulfide) groups is 1. The highest BCUT2D eigenvalue weighted by molar-refractivity contribution is 8.13. The van der Waals surface area contributed by atoms with Gasteiger partial charge in [0.1, 0.15) is 4.88 Å². The molecule has 1 aromatic carbocycles. The van der Waals surface area contributed by atoms with Crippen LogP contribution in [0.2, 0.25) is 18.1 Å². The van der Waals surface area contributed by atoms with Crippen molar-refractivity contribution in [2.45, 2.75) is 64.3 Å². The maximum absolute atomic E-state index is 13.0. The molecule has 0 spiro atoms. The maximum Gasteiger partial charge on any atom is 0.348 e. The summed E-state index contributed by atoms with van der Waals surface area (Å²) in [7, 11) is -0.632. The Morgan fingerprint density at radius 2 is 1.88 bits per heavy atom. The van der Waals surface area contributed by atoms with Crippen LogP contribution in [-0.2, 0) is 22.0 Å². The van der Waals surface area contributed by atoms with Crippen LogP contribution in [0, 0.1) is 0 Å². The van der Waals surface area contributed by atoms with Crippen molar-refractivity contribution < 1.29 is 18.8 Å². The Kier molecular flexibility index (Phi) is 11.9. The van der Waals surface area contributed by atoms with Crippen LogP contribution in [0.5, 0.6) is 0 Å². The number of ether oxygens (including phenoxy) is 1. The fraction of sp³-hybridized carbons (Fsp3) is 0.455. The highest BCUT2D eigenvalue weighted by Crippen LogP contribution is 2.38. The first kappa shape index (κ1) is 33.7. The van der Waals surface area contributed by atoms with Crippen LogP contribution in [0.1, 0.15) is 58.4 Å². The largest absolute Gasteiger partial charge is 0.465 e. The van der Waals surface area contributed by atoms with E-state index in [2.05, 4.69) is 92.1 Å². The lowest BCUT2D eigenvalue weighted by Gasteiger charge is -2.41. The molecule has 1 unspecified atom stereocenters. The second-order valence-electron chi connectivity index (χ2n) is 12.3. The summed E-state index contributed by atoms with van der Waals surface area (Å²) in [5.74, 6) is 0.465. The molecule has 3 aromatic rings. The predicted octanol–water partition coefficient (Wildman–Crippen LogP) is 8.72. The molecule has 1 atom stereocenters. The number of carbonyl (C=O) groups is 2. The van der Waals surface area contributed by atoms with Crippen molar-refractivity contribution in [2.24, 2.45) is 0 Å². The number of hydrazine groups is 1. The third-order valence-corrected chi connectivity index (χ3v) is 15.4. The van der Waals surface area contributed by atoms with Crippen molar-refractivity contribution in [3.63, 3.8) is 0 Å². The smallest absolute Gasteiger partial charge is 0.348 e. The van der Waals surface area contributed by atoms with E-state index in [0.29, 0.717) is 17.8 Å². The van der Waals surface area contributed by atoms with E-state index in [1.807, 2.05) is 11.1 Å². The van der Waals surface area contributed by atoms with E-state index >= 15 is 0 Å². The van der Waals surface area contributed by atoms with Gasteiger partial charge < -0.3 is 9.16 Å². The molecular weight excluding hydrogens is 613 g/mol. The van der Waals surface area contributed by atoms with E-state index in [9.17, 15) is 9.59 Å². The molecular formula is C33H44N2O4S3Si. The minimum Gasteiger partial charge on any atom is -0.465 e. The molecule has 1 fully saturated rings. The average Bonchev–Trinajstić information content (AvgIpc) is 3.66. The lowest BCUT2D eigenvalue weighted by Crippen LogP contribution is -2.51. The Morgan fingerprint density at radius 1 is 1.09 bits per heavy atom. The van der Waals surface area contributed by atoms with E-state index in [4.69, 9.17) is 9.16 Å². The summed E-state index contributed by atoms with van der Waals surface area (Å²) in [6, 6.07) is 14.6. The van der Waals surface area contributed by atoms with Crippen LogP contribution in [0.3, 0.4) is 0 Å². The van der Waals surface area contributed by atoms with Gasteiger partial charge in [0.25, 0.3) is 5.24 Å². The molecule has 1 aliphatic rings. The summed E-state index contributed by atoms with van der Waals surface area (Å²) >= 11 is 4.51. The minimum atomic E-state index is -2.03. The highest BCUT2D eigenvalue weighted by Gasteiger charge is 2.39. The number of benzene rings is 1. The fourth-order valence-corrected chi connectivity index (χ4v) is 8.45. The van der Waals surface area contributed by atoms with Gasteiger partial charge in [-0.25, -0.2) is 9.80 Å². The van der Waals surface area contributed by atoms with Gasteiger partial charge in [-0.3, -0.25) is 9.80 Å². The van der Waals surface area contributed by atoms with Crippen molar-refractivity contribution in [1.82, 2.24) is 10.0 Å². The van der Waals surface area contributed by atoms with Gasteiger partial charge in [0.05, 0.1) is 13.2 Å². The number of thiophene rings is 2. The van der Waals surface area contributed by atoms with Crippen LogP contribution >= 0.6 is 34.4 Å². The monoisotopic (exact) mass is 656 g/mol. The summed E-state index contributed by atoms with van der Waals surface area (Å²) < 4.78 is 11.9. The van der Waals surface area contributed by atoms with Gasteiger partial charge in [0, 0.05) is 36.7 Å². The van der Waals surface area contributed by atoms with Crippen LogP contribution in [0.4, 0.5) is 4.79 Å². The maximum atomic E-state index is 13.0. The summed E-state index contributed by atoms with van der Waals surface area (Å²) in [4.78, 5) is 26.5. The Bertz CT molecular complexity index is 1380. The molecule has 232 valence electrons. The zero-order chi connectivity index (χ0) is 31.0. The molecule has 6 nitrogen and oxygen atoms in total. The molecule has 1 aliphatic heterocycles. The molecule has 1 saturated heterocycles. The van der Waals surface area contributed by atoms with Gasteiger partial charge in [0.2, 0.25) is 0 Å². The number of carbonyl (C=O) groups excluding carboxylic acids is 2. The van der Waals surface area contributed by atoms with E-state index in [-0.39, 0.29) is 22.4 Å². The minimum absolute atomic E-state index is 0.0448. The molecule has 4 rings (SSSR count). The Balaban J connectivity index is 1.45. The van der Waals surface area contributed by atoms with Crippen molar-refractivity contribution in [3.05, 3.63) is 79.7 Å². The lowest BCUT2D eigenvalue weighted by atomic mass is 10.0. The van der Waals surface area contributed by atoms with Crippen molar-refractivity contribution in [3.8, 4) is 0 Å². The first-order valence-corrected chi connectivity index (χ1v) is 20.4. The number of hydrogen-bond donors (Lipinski definition) is 0. The molecule has 0 bridgehead atoms. The second-order valence-corrected chi connectivity index (χ2v) is 20.1. The highest BCUT2D eigenvalue weighted by atomic mass is 32.2. The number of nitrogens with zero attached hydrogens (tertiary/aromatic N) is 2. The predicted molar refractivity (Wildman–Crippen MR) is 186 cm³/mol. The van der Waals surface area contributed by atoms with Crippen molar-refractivity contribution >= 4 is 66.1 Å². The Hall–Kier alpha value is -2.21. The number of hydrogen-bond acceptors (Lipinski definition) is 8. The standard InChI is InChI=1S/C33H44N2O4S3Si/c1-33(2,3)43(5,6)39-28(23-27-9-7-8-25(22-27)10-11-26-16-20-40-24-26)14-17-34-19-21-41-32(37)35(34)18-15-29-12-13-30(42-29)31(36)38-4/h7-13,16,20,22,24,28H,14-15,17-19,21,23H2,1-6H3/b11-10+. The third kappa shape index (κ3) is 9.63. The molecule has 43 heavy (non-hydrogen) atoms. The van der Waals surface area contributed by atoms with Crippen molar-refractivity contribution in [1.29, 1.82) is 0 Å². The average molecular weight is 657 g/mol. The number of rotatable bonds is 13. The van der Waals surface area contributed by atoms with Crippen LogP contribution < -0.4 is 0 Å². The molecule has 1 amide bonds. The van der Waals surface area contributed by atoms with Gasteiger partial charge in [-0.1, -0.05) is 69.0 Å². The number of esters is 1. The van der Waals surface area contributed by atoms with Crippen LogP contribution in [0.15, 0.2) is 53.2 Å². The van der Waals surface area contributed by atoms with E-state index in [0.717, 1.165) is 36.6 Å². The SMILES string of the molecule is COC(=O)c1ccc(CCN2C(=O)SCCN2CCC(Cc2cccc(/C=C/c3ccsc3)c2)O[Si](C)(C)C(C)(C)C)s1. The van der Waals surface area contributed by atoms with E-state index in [1.54, 1.807) is 17.4 Å². The Morgan fingerprint density at radius 3 is 2.60 bits per heavy atom. The van der Waals surface area contributed by atoms with Gasteiger partial charge in [-0.15, -0.1) is 11.3 Å².